The summed E-state index contributed by atoms with van der Waals surface area (Å²) in [6.45, 7) is 6.31. The molecule has 1 saturated heterocycles. The smallest absolute Gasteiger partial charge is 0.277 e. The first-order valence-electron chi connectivity index (χ1n) is 7.65. The van der Waals surface area contributed by atoms with Gasteiger partial charge in [-0.1, -0.05) is 0 Å². The standard InChI is InChI=1S/C13H23N5O3S/c14-22(19,20)17-5-2-13-12(11-17)10-15-18(13)4-1-3-16-6-8-21-9-7-16/h10H,1-9,11H2,(H2,14,19,20). The van der Waals surface area contributed by atoms with Gasteiger partial charge in [0.05, 0.1) is 19.4 Å². The van der Waals surface area contributed by atoms with Gasteiger partial charge >= 0.3 is 0 Å². The number of hydrogen-bond donors (Lipinski definition) is 1. The Hall–Kier alpha value is -1.00. The number of rotatable bonds is 5. The summed E-state index contributed by atoms with van der Waals surface area (Å²) in [5, 5.41) is 9.60. The number of hydrogen-bond acceptors (Lipinski definition) is 5. The maximum Gasteiger partial charge on any atom is 0.277 e. The average molecular weight is 329 g/mol. The Morgan fingerprint density at radius 1 is 1.23 bits per heavy atom. The van der Waals surface area contributed by atoms with Crippen molar-refractivity contribution >= 4 is 10.2 Å². The Morgan fingerprint density at radius 2 is 2.00 bits per heavy atom. The first-order valence-corrected chi connectivity index (χ1v) is 9.16. The van der Waals surface area contributed by atoms with Crippen LogP contribution in [0.2, 0.25) is 0 Å². The molecule has 22 heavy (non-hydrogen) atoms. The summed E-state index contributed by atoms with van der Waals surface area (Å²) in [5.41, 5.74) is 2.11. The molecule has 0 unspecified atom stereocenters. The zero-order chi connectivity index (χ0) is 15.6. The van der Waals surface area contributed by atoms with Crippen molar-refractivity contribution in [3.05, 3.63) is 17.5 Å². The molecule has 9 heteroatoms. The van der Waals surface area contributed by atoms with Crippen LogP contribution in [0.25, 0.3) is 0 Å². The van der Waals surface area contributed by atoms with E-state index < -0.39 is 10.2 Å². The number of fused-ring (bicyclic) bond motifs is 1. The van der Waals surface area contributed by atoms with Crippen molar-refractivity contribution in [2.75, 3.05) is 39.4 Å². The van der Waals surface area contributed by atoms with Crippen molar-refractivity contribution in [1.82, 2.24) is 19.0 Å². The van der Waals surface area contributed by atoms with Crippen molar-refractivity contribution in [3.63, 3.8) is 0 Å². The SMILES string of the molecule is NS(=O)(=O)N1CCc2c(cnn2CCCN2CCOCC2)C1. The van der Waals surface area contributed by atoms with Crippen LogP contribution in [0.4, 0.5) is 0 Å². The van der Waals surface area contributed by atoms with Gasteiger partial charge in [-0.15, -0.1) is 0 Å². The van der Waals surface area contributed by atoms with E-state index in [0.29, 0.717) is 19.5 Å². The molecule has 2 aliphatic rings. The topological polar surface area (TPSA) is 93.7 Å². The third kappa shape index (κ3) is 3.66. The van der Waals surface area contributed by atoms with Crippen molar-refractivity contribution in [1.29, 1.82) is 0 Å². The molecule has 0 saturated carbocycles. The summed E-state index contributed by atoms with van der Waals surface area (Å²) in [4.78, 5) is 2.40. The molecule has 3 heterocycles. The molecule has 0 radical (unpaired) electrons. The van der Waals surface area contributed by atoms with Gasteiger partial charge < -0.3 is 4.74 Å². The van der Waals surface area contributed by atoms with Crippen molar-refractivity contribution in [2.24, 2.45) is 5.14 Å². The molecule has 0 aromatic carbocycles. The van der Waals surface area contributed by atoms with Crippen LogP contribution in [0.15, 0.2) is 6.20 Å². The minimum absolute atomic E-state index is 0.331. The lowest BCUT2D eigenvalue weighted by molar-refractivity contribution is 0.0368. The third-order valence-electron chi connectivity index (χ3n) is 4.29. The van der Waals surface area contributed by atoms with Crippen LogP contribution in [0.3, 0.4) is 0 Å². The zero-order valence-electron chi connectivity index (χ0n) is 12.6. The van der Waals surface area contributed by atoms with Crippen LogP contribution in [0, 0.1) is 0 Å². The fourth-order valence-electron chi connectivity index (χ4n) is 3.05. The normalized spacial score (nSPS) is 21.0. The lowest BCUT2D eigenvalue weighted by atomic mass is 10.1. The van der Waals surface area contributed by atoms with Gasteiger partial charge in [0.2, 0.25) is 0 Å². The quantitative estimate of drug-likeness (QED) is 0.761. The Kier molecular flexibility index (Phi) is 4.79. The summed E-state index contributed by atoms with van der Waals surface area (Å²) in [7, 11) is -3.61. The first kappa shape index (κ1) is 15.9. The maximum atomic E-state index is 11.4. The first-order chi connectivity index (χ1) is 10.5. The van der Waals surface area contributed by atoms with Gasteiger partial charge in [0.25, 0.3) is 10.2 Å². The van der Waals surface area contributed by atoms with E-state index in [2.05, 4.69) is 10.00 Å². The van der Waals surface area contributed by atoms with Gasteiger partial charge in [-0.05, 0) is 6.42 Å². The molecule has 3 rings (SSSR count). The number of aromatic nitrogens is 2. The van der Waals surface area contributed by atoms with Gasteiger partial charge in [0.15, 0.2) is 0 Å². The van der Waals surface area contributed by atoms with Crippen LogP contribution in [-0.4, -0.2) is 66.8 Å². The molecule has 1 fully saturated rings. The zero-order valence-corrected chi connectivity index (χ0v) is 13.5. The molecule has 0 aliphatic carbocycles. The molecule has 124 valence electrons. The highest BCUT2D eigenvalue weighted by atomic mass is 32.2. The Labute approximate surface area is 131 Å². The molecule has 0 amide bonds. The lowest BCUT2D eigenvalue weighted by Gasteiger charge is -2.27. The number of aryl methyl sites for hydroxylation is 1. The lowest BCUT2D eigenvalue weighted by Crippen LogP contribution is -2.40. The van der Waals surface area contributed by atoms with Crippen molar-refractivity contribution in [3.8, 4) is 0 Å². The van der Waals surface area contributed by atoms with E-state index in [0.717, 1.165) is 57.1 Å². The van der Waals surface area contributed by atoms with E-state index in [1.54, 1.807) is 6.20 Å². The predicted octanol–water partition coefficient (Wildman–Crippen LogP) is -0.833. The predicted molar refractivity (Wildman–Crippen MR) is 81.3 cm³/mol. The molecule has 8 nitrogen and oxygen atoms in total. The molecule has 0 atom stereocenters. The highest BCUT2D eigenvalue weighted by Gasteiger charge is 2.26. The molecule has 2 aliphatic heterocycles. The number of morpholine rings is 1. The fraction of sp³-hybridized carbons (Fsp3) is 0.769. The molecule has 2 N–H and O–H groups in total. The van der Waals surface area contributed by atoms with Crippen molar-refractivity contribution in [2.45, 2.75) is 25.9 Å². The summed E-state index contributed by atoms with van der Waals surface area (Å²) in [6.07, 6.45) is 3.47. The monoisotopic (exact) mass is 329 g/mol. The third-order valence-corrected chi connectivity index (χ3v) is 5.32. The number of nitrogens with zero attached hydrogens (tertiary/aromatic N) is 4. The molecule has 0 spiro atoms. The van der Waals surface area contributed by atoms with E-state index in [-0.39, 0.29) is 0 Å². The Bertz CT molecular complexity index is 609. The van der Waals surface area contributed by atoms with Crippen LogP contribution in [0.5, 0.6) is 0 Å². The second-order valence-corrected chi connectivity index (χ2v) is 7.32. The highest BCUT2D eigenvalue weighted by Crippen LogP contribution is 2.20. The largest absolute Gasteiger partial charge is 0.379 e. The van der Waals surface area contributed by atoms with Gasteiger partial charge in [-0.2, -0.15) is 17.8 Å². The van der Waals surface area contributed by atoms with Gasteiger partial charge in [0, 0.05) is 56.9 Å². The van der Waals surface area contributed by atoms with Crippen LogP contribution >= 0.6 is 0 Å². The second-order valence-electron chi connectivity index (χ2n) is 5.78. The maximum absolute atomic E-state index is 11.4. The highest BCUT2D eigenvalue weighted by molar-refractivity contribution is 7.86. The molecular weight excluding hydrogens is 306 g/mol. The van der Waals surface area contributed by atoms with Gasteiger partial charge in [0.1, 0.15) is 0 Å². The molecule has 0 bridgehead atoms. The minimum atomic E-state index is -3.61. The van der Waals surface area contributed by atoms with Gasteiger partial charge in [-0.25, -0.2) is 5.14 Å². The van der Waals surface area contributed by atoms with E-state index in [1.807, 2.05) is 4.68 Å². The molecular formula is C13H23N5O3S. The van der Waals surface area contributed by atoms with Crippen LogP contribution < -0.4 is 5.14 Å². The van der Waals surface area contributed by atoms with Crippen LogP contribution in [0.1, 0.15) is 17.7 Å². The van der Waals surface area contributed by atoms with E-state index >= 15 is 0 Å². The molecule has 1 aromatic heterocycles. The van der Waals surface area contributed by atoms with Gasteiger partial charge in [-0.3, -0.25) is 9.58 Å². The summed E-state index contributed by atoms with van der Waals surface area (Å²) >= 11 is 0. The Balaban J connectivity index is 1.55. The average Bonchev–Trinajstić information content (AvgIpc) is 2.90. The number of ether oxygens (including phenoxy) is 1. The van der Waals surface area contributed by atoms with E-state index in [9.17, 15) is 8.42 Å². The Morgan fingerprint density at radius 3 is 2.73 bits per heavy atom. The summed E-state index contributed by atoms with van der Waals surface area (Å²) in [6, 6.07) is 0. The van der Waals surface area contributed by atoms with E-state index in [1.165, 1.54) is 4.31 Å². The number of nitrogens with two attached hydrogens (primary N) is 1. The van der Waals surface area contributed by atoms with E-state index in [4.69, 9.17) is 9.88 Å². The van der Waals surface area contributed by atoms with Crippen LogP contribution in [-0.2, 0) is 34.5 Å². The fourth-order valence-corrected chi connectivity index (χ4v) is 3.71. The summed E-state index contributed by atoms with van der Waals surface area (Å²) in [5.74, 6) is 0. The molecule has 1 aromatic rings. The second kappa shape index (κ2) is 6.63. The van der Waals surface area contributed by atoms with Crippen molar-refractivity contribution < 1.29 is 13.2 Å². The minimum Gasteiger partial charge on any atom is -0.379 e. The summed E-state index contributed by atoms with van der Waals surface area (Å²) < 4.78 is 31.5.